The Bertz CT molecular complexity index is 629. The van der Waals surface area contributed by atoms with Gasteiger partial charge in [0.2, 0.25) is 0 Å². The number of halogens is 1. The zero-order valence-electron chi connectivity index (χ0n) is 11.8. The number of amides is 2. The number of thioether (sulfide) groups is 1. The molecule has 0 atom stereocenters. The zero-order valence-corrected chi connectivity index (χ0v) is 12.6. The Labute approximate surface area is 131 Å². The van der Waals surface area contributed by atoms with E-state index >= 15 is 0 Å². The molecule has 0 unspecified atom stereocenters. The lowest BCUT2D eigenvalue weighted by Gasteiger charge is -2.29. The van der Waals surface area contributed by atoms with Crippen LogP contribution in [0.1, 0.15) is 5.56 Å². The summed E-state index contributed by atoms with van der Waals surface area (Å²) in [5.74, 6) is -0.785. The van der Waals surface area contributed by atoms with Crippen LogP contribution in [0.3, 0.4) is 0 Å². The number of nitrogens with zero attached hydrogens (tertiary/aromatic N) is 2. The van der Waals surface area contributed by atoms with Crippen molar-refractivity contribution in [1.82, 2.24) is 9.80 Å². The van der Waals surface area contributed by atoms with Crippen LogP contribution in [0.4, 0.5) is 9.18 Å². The van der Waals surface area contributed by atoms with E-state index in [0.717, 1.165) is 11.8 Å². The van der Waals surface area contributed by atoms with Crippen molar-refractivity contribution < 1.29 is 18.7 Å². The van der Waals surface area contributed by atoms with Crippen LogP contribution in [0.25, 0.3) is 6.08 Å². The molecule has 116 valence electrons. The molecule has 0 saturated carbocycles. The van der Waals surface area contributed by atoms with Gasteiger partial charge in [0.25, 0.3) is 11.1 Å². The van der Waals surface area contributed by atoms with Crippen molar-refractivity contribution in [2.24, 2.45) is 0 Å². The summed E-state index contributed by atoms with van der Waals surface area (Å²) in [5.41, 5.74) is 0.305. The predicted octanol–water partition coefficient (Wildman–Crippen LogP) is 2.15. The molecule has 7 heteroatoms. The zero-order chi connectivity index (χ0) is 15.5. The number of hydrogen-bond donors (Lipinski definition) is 0. The Kier molecular flexibility index (Phi) is 4.56. The largest absolute Gasteiger partial charge is 0.379 e. The fraction of sp³-hybridized carbons (Fsp3) is 0.333. The van der Waals surface area contributed by atoms with E-state index in [1.165, 1.54) is 17.0 Å². The van der Waals surface area contributed by atoms with Crippen LogP contribution in [0, 0.1) is 5.82 Å². The number of ether oxygens (including phenoxy) is 1. The molecule has 0 spiro atoms. The fourth-order valence-corrected chi connectivity index (χ4v) is 3.12. The summed E-state index contributed by atoms with van der Waals surface area (Å²) in [6.07, 6.45) is 1.43. The van der Waals surface area contributed by atoms with E-state index in [4.69, 9.17) is 4.74 Å². The van der Waals surface area contributed by atoms with E-state index in [1.807, 2.05) is 4.90 Å². The molecule has 2 heterocycles. The molecule has 0 bridgehead atoms. The van der Waals surface area contributed by atoms with Crippen molar-refractivity contribution in [3.8, 4) is 0 Å². The van der Waals surface area contributed by atoms with E-state index in [0.29, 0.717) is 31.9 Å². The van der Waals surface area contributed by atoms with Crippen LogP contribution in [-0.2, 0) is 9.53 Å². The van der Waals surface area contributed by atoms with Gasteiger partial charge in [0.05, 0.1) is 24.8 Å². The van der Waals surface area contributed by atoms with Crippen LogP contribution >= 0.6 is 11.8 Å². The highest BCUT2D eigenvalue weighted by atomic mass is 32.2. The Morgan fingerprint density at radius 3 is 2.68 bits per heavy atom. The first kappa shape index (κ1) is 15.2. The number of carbonyl (C=O) groups excluding carboxylic acids is 2. The Hall–Kier alpha value is -1.70. The number of imide groups is 1. The summed E-state index contributed by atoms with van der Waals surface area (Å²) >= 11 is 0.848. The first-order valence-corrected chi connectivity index (χ1v) is 7.77. The van der Waals surface area contributed by atoms with Crippen LogP contribution in [0.15, 0.2) is 29.2 Å². The molecule has 0 aromatic heterocycles. The number of benzene rings is 1. The van der Waals surface area contributed by atoms with Crippen molar-refractivity contribution in [2.45, 2.75) is 0 Å². The highest BCUT2D eigenvalue weighted by Gasteiger charge is 2.36. The van der Waals surface area contributed by atoms with Gasteiger partial charge in [-0.05, 0) is 23.9 Å². The average molecular weight is 322 g/mol. The number of hydrogen-bond acceptors (Lipinski definition) is 5. The number of morpholine rings is 1. The summed E-state index contributed by atoms with van der Waals surface area (Å²) in [6, 6.07) is 6.17. The van der Waals surface area contributed by atoms with Gasteiger partial charge in [0.15, 0.2) is 0 Å². The second-order valence-electron chi connectivity index (χ2n) is 5.00. The van der Waals surface area contributed by atoms with Crippen LogP contribution in [-0.4, -0.2) is 53.9 Å². The quantitative estimate of drug-likeness (QED) is 0.798. The third-order valence-corrected chi connectivity index (χ3v) is 4.42. The Balaban J connectivity index is 1.75. The van der Waals surface area contributed by atoms with E-state index in [-0.39, 0.29) is 22.7 Å². The van der Waals surface area contributed by atoms with E-state index in [9.17, 15) is 14.0 Å². The van der Waals surface area contributed by atoms with Gasteiger partial charge in [-0.2, -0.15) is 0 Å². The van der Waals surface area contributed by atoms with Crippen LogP contribution in [0.2, 0.25) is 0 Å². The molecule has 2 amide bonds. The van der Waals surface area contributed by atoms with Gasteiger partial charge < -0.3 is 4.74 Å². The maximum atomic E-state index is 13.7. The first-order chi connectivity index (χ1) is 10.6. The van der Waals surface area contributed by atoms with Crippen molar-refractivity contribution in [3.05, 3.63) is 40.6 Å². The first-order valence-electron chi connectivity index (χ1n) is 6.95. The van der Waals surface area contributed by atoms with Crippen molar-refractivity contribution in [1.29, 1.82) is 0 Å². The van der Waals surface area contributed by atoms with E-state index in [2.05, 4.69) is 0 Å². The molecule has 3 rings (SSSR count). The van der Waals surface area contributed by atoms with Gasteiger partial charge in [-0.15, -0.1) is 0 Å². The molecule has 0 aliphatic carbocycles. The summed E-state index contributed by atoms with van der Waals surface area (Å²) in [7, 11) is 0. The average Bonchev–Trinajstić information content (AvgIpc) is 2.78. The minimum absolute atomic E-state index is 0.253. The molecule has 2 fully saturated rings. The number of rotatable bonds is 3. The van der Waals surface area contributed by atoms with Gasteiger partial charge in [-0.1, -0.05) is 18.2 Å². The topological polar surface area (TPSA) is 49.9 Å². The van der Waals surface area contributed by atoms with Gasteiger partial charge in [0.1, 0.15) is 5.82 Å². The standard InChI is InChI=1S/C15H15FN2O3S/c16-12-4-2-1-3-11(12)9-13-14(19)18(15(20)22-13)10-17-5-7-21-8-6-17/h1-4,9H,5-8,10H2/b13-9-. The minimum atomic E-state index is -0.414. The monoisotopic (exact) mass is 322 g/mol. The third-order valence-electron chi connectivity index (χ3n) is 3.51. The van der Waals surface area contributed by atoms with Gasteiger partial charge in [-0.25, -0.2) is 4.39 Å². The molecule has 1 aromatic rings. The smallest absolute Gasteiger partial charge is 0.294 e. The van der Waals surface area contributed by atoms with Crippen molar-refractivity contribution >= 4 is 29.0 Å². The molecular weight excluding hydrogens is 307 g/mol. The van der Waals surface area contributed by atoms with Crippen LogP contribution < -0.4 is 0 Å². The van der Waals surface area contributed by atoms with Gasteiger partial charge in [0, 0.05) is 18.7 Å². The maximum absolute atomic E-state index is 13.7. The molecule has 22 heavy (non-hydrogen) atoms. The normalized spacial score (nSPS) is 21.9. The van der Waals surface area contributed by atoms with Gasteiger partial charge >= 0.3 is 0 Å². The summed E-state index contributed by atoms with van der Waals surface area (Å²) in [6.45, 7) is 2.83. The van der Waals surface area contributed by atoms with Crippen LogP contribution in [0.5, 0.6) is 0 Å². The number of carbonyl (C=O) groups is 2. The highest BCUT2D eigenvalue weighted by molar-refractivity contribution is 8.18. The van der Waals surface area contributed by atoms with E-state index in [1.54, 1.807) is 18.2 Å². The summed E-state index contributed by atoms with van der Waals surface area (Å²) in [5, 5.41) is -0.320. The molecule has 2 saturated heterocycles. The van der Waals surface area contributed by atoms with E-state index < -0.39 is 5.82 Å². The lowest BCUT2D eigenvalue weighted by atomic mass is 10.2. The minimum Gasteiger partial charge on any atom is -0.379 e. The molecule has 2 aliphatic rings. The lowest BCUT2D eigenvalue weighted by Crippen LogP contribution is -2.45. The second kappa shape index (κ2) is 6.60. The van der Waals surface area contributed by atoms with Crippen molar-refractivity contribution in [2.75, 3.05) is 33.0 Å². The highest BCUT2D eigenvalue weighted by Crippen LogP contribution is 2.32. The summed E-state index contributed by atoms with van der Waals surface area (Å²) in [4.78, 5) is 27.8. The Morgan fingerprint density at radius 1 is 1.23 bits per heavy atom. The Morgan fingerprint density at radius 2 is 1.95 bits per heavy atom. The molecule has 0 N–H and O–H groups in total. The summed E-state index contributed by atoms with van der Waals surface area (Å²) < 4.78 is 18.9. The molecule has 0 radical (unpaired) electrons. The molecule has 2 aliphatic heterocycles. The molecular formula is C15H15FN2O3S. The third kappa shape index (κ3) is 3.21. The predicted molar refractivity (Wildman–Crippen MR) is 81.5 cm³/mol. The lowest BCUT2D eigenvalue weighted by molar-refractivity contribution is -0.125. The molecule has 1 aromatic carbocycles. The van der Waals surface area contributed by atoms with Crippen molar-refractivity contribution in [3.63, 3.8) is 0 Å². The van der Waals surface area contributed by atoms with Gasteiger partial charge in [-0.3, -0.25) is 19.4 Å². The fourth-order valence-electron chi connectivity index (χ4n) is 2.30. The maximum Gasteiger partial charge on any atom is 0.294 e. The second-order valence-corrected chi connectivity index (χ2v) is 6.00. The molecule has 5 nitrogen and oxygen atoms in total. The SMILES string of the molecule is O=C1S/C(=C\c2ccccc2F)C(=O)N1CN1CCOCC1.